The molecule has 0 radical (unpaired) electrons. The first-order valence-corrected chi connectivity index (χ1v) is 14.5. The van der Waals surface area contributed by atoms with Gasteiger partial charge in [-0.25, -0.2) is 9.37 Å². The van der Waals surface area contributed by atoms with E-state index in [1.807, 2.05) is 12.1 Å². The number of hydrogen-bond donors (Lipinski definition) is 2. The number of carbonyl (C=O) groups excluding carboxylic acids is 5. The molecule has 0 unspecified atom stereocenters. The smallest absolute Gasteiger partial charge is 0.264 e. The number of halogens is 1. The molecule has 0 saturated carbocycles. The average molecular weight is 599 g/mol. The molecule has 4 heterocycles. The molecule has 0 bridgehead atoms. The molecule has 4 amide bonds. The van der Waals surface area contributed by atoms with Gasteiger partial charge in [-0.1, -0.05) is 18.2 Å². The number of imide groups is 2. The Balaban J connectivity index is 1.06. The quantitative estimate of drug-likeness (QED) is 0.297. The van der Waals surface area contributed by atoms with Crippen molar-refractivity contribution < 1.29 is 28.4 Å². The summed E-state index contributed by atoms with van der Waals surface area (Å²) < 4.78 is 15.2. The van der Waals surface area contributed by atoms with Gasteiger partial charge < -0.3 is 10.2 Å². The van der Waals surface area contributed by atoms with Gasteiger partial charge in [-0.05, 0) is 49.2 Å². The number of pyridine rings is 1. The van der Waals surface area contributed by atoms with Crippen molar-refractivity contribution in [1.29, 1.82) is 0 Å². The summed E-state index contributed by atoms with van der Waals surface area (Å²) in [5.41, 5.74) is 2.47. The van der Waals surface area contributed by atoms with E-state index in [1.165, 1.54) is 19.1 Å². The van der Waals surface area contributed by atoms with Crippen LogP contribution in [0.3, 0.4) is 0 Å². The summed E-state index contributed by atoms with van der Waals surface area (Å²) in [4.78, 5) is 71.5. The van der Waals surface area contributed by atoms with Crippen molar-refractivity contribution in [3.05, 3.63) is 88.4 Å². The van der Waals surface area contributed by atoms with E-state index in [-0.39, 0.29) is 42.1 Å². The number of hydrogen-bond acceptors (Lipinski definition) is 9. The number of piperidine rings is 1. The molecule has 2 fully saturated rings. The normalized spacial score (nSPS) is 18.8. The second-order valence-electron chi connectivity index (χ2n) is 11.2. The number of Topliss-reactive ketones (excluding diaryl/α,β-unsaturated/α-hetero) is 1. The summed E-state index contributed by atoms with van der Waals surface area (Å²) in [7, 11) is 0. The van der Waals surface area contributed by atoms with Crippen LogP contribution in [0.5, 0.6) is 0 Å². The van der Waals surface area contributed by atoms with Gasteiger partial charge in [-0.15, -0.1) is 0 Å². The van der Waals surface area contributed by atoms with Crippen LogP contribution >= 0.6 is 0 Å². The molecule has 1 atom stereocenters. The molecule has 2 aromatic carbocycles. The molecule has 3 aromatic rings. The number of nitrogens with zero attached hydrogens (tertiary/aromatic N) is 4. The van der Waals surface area contributed by atoms with Crippen molar-refractivity contribution in [3.8, 4) is 0 Å². The first kappa shape index (κ1) is 29.1. The Morgan fingerprint density at radius 3 is 2.50 bits per heavy atom. The summed E-state index contributed by atoms with van der Waals surface area (Å²) in [6.07, 6.45) is 1.71. The summed E-state index contributed by atoms with van der Waals surface area (Å²) >= 11 is 0. The highest BCUT2D eigenvalue weighted by atomic mass is 19.1. The van der Waals surface area contributed by atoms with E-state index in [1.54, 1.807) is 30.5 Å². The molecule has 44 heavy (non-hydrogen) atoms. The van der Waals surface area contributed by atoms with E-state index in [2.05, 4.69) is 25.4 Å². The number of anilines is 2. The van der Waals surface area contributed by atoms with Crippen LogP contribution in [-0.4, -0.2) is 76.4 Å². The number of piperazine rings is 1. The number of nitrogens with one attached hydrogen (secondary N) is 2. The molecular weight excluding hydrogens is 567 g/mol. The van der Waals surface area contributed by atoms with Gasteiger partial charge in [-0.2, -0.15) is 0 Å². The Labute approximate surface area is 253 Å². The summed E-state index contributed by atoms with van der Waals surface area (Å²) in [5.74, 6) is -1.90. The van der Waals surface area contributed by atoms with Gasteiger partial charge >= 0.3 is 0 Å². The zero-order valence-corrected chi connectivity index (χ0v) is 24.1. The molecule has 1 aromatic heterocycles. The van der Waals surface area contributed by atoms with E-state index in [0.717, 1.165) is 42.5 Å². The monoisotopic (exact) mass is 598 g/mol. The largest absolute Gasteiger partial charge is 0.380 e. The highest BCUT2D eigenvalue weighted by Gasteiger charge is 2.45. The lowest BCUT2D eigenvalue weighted by atomic mass is 10.0. The number of amides is 4. The number of rotatable bonds is 8. The van der Waals surface area contributed by atoms with Crippen LogP contribution in [0.1, 0.15) is 62.0 Å². The van der Waals surface area contributed by atoms with Gasteiger partial charge in [0.25, 0.3) is 11.8 Å². The highest BCUT2D eigenvalue weighted by molar-refractivity contribution is 6.25. The molecule has 3 aliphatic rings. The predicted molar refractivity (Wildman–Crippen MR) is 159 cm³/mol. The van der Waals surface area contributed by atoms with Crippen LogP contribution in [0.4, 0.5) is 15.9 Å². The van der Waals surface area contributed by atoms with Crippen LogP contribution < -0.4 is 15.5 Å². The number of benzene rings is 2. The predicted octanol–water partition coefficient (Wildman–Crippen LogP) is 2.76. The maximum absolute atomic E-state index is 15.2. The minimum atomic E-state index is -1.06. The SMILES string of the molecule is CC(=O)c1ccc(N2CCN(Cc3ccc(CNc4cccc5c4C(=O)N([C@@H]4CCC(=O)NC4=O)C5=O)c(F)c3)CC2)nc1. The van der Waals surface area contributed by atoms with Gasteiger partial charge in [0.15, 0.2) is 5.78 Å². The molecular formula is C32H31FN6O5. The first-order valence-electron chi connectivity index (χ1n) is 14.5. The zero-order valence-electron chi connectivity index (χ0n) is 24.1. The minimum absolute atomic E-state index is 0.0172. The standard InChI is InChI=1S/C32H31FN6O5/c1-19(40)21-7-9-27(35-16-21)38-13-11-37(12-14-38)18-20-5-6-22(24(33)15-20)17-34-25-4-2-3-23-29(25)32(44)39(31(23)43)26-8-10-28(41)36-30(26)42/h2-7,9,15-16,26,34H,8,10-14,17-18H2,1H3,(H,36,41,42)/t26-/m1/s1. The molecule has 12 heteroatoms. The lowest BCUT2D eigenvalue weighted by Crippen LogP contribution is -2.54. The lowest BCUT2D eigenvalue weighted by molar-refractivity contribution is -0.136. The molecule has 0 spiro atoms. The number of fused-ring (bicyclic) bond motifs is 1. The van der Waals surface area contributed by atoms with E-state index in [4.69, 9.17) is 0 Å². The summed E-state index contributed by atoms with van der Waals surface area (Å²) in [6.45, 7) is 5.28. The van der Waals surface area contributed by atoms with Crippen LogP contribution in [0.25, 0.3) is 0 Å². The van der Waals surface area contributed by atoms with Crippen molar-refractivity contribution in [2.24, 2.45) is 0 Å². The zero-order chi connectivity index (χ0) is 31.0. The van der Waals surface area contributed by atoms with Crippen molar-refractivity contribution in [2.75, 3.05) is 36.4 Å². The second kappa shape index (κ2) is 12.0. The fourth-order valence-corrected chi connectivity index (χ4v) is 5.86. The van der Waals surface area contributed by atoms with E-state index >= 15 is 4.39 Å². The average Bonchev–Trinajstić information content (AvgIpc) is 3.27. The van der Waals surface area contributed by atoms with E-state index in [0.29, 0.717) is 23.4 Å². The molecule has 2 N–H and O–H groups in total. The molecule has 3 aliphatic heterocycles. The Morgan fingerprint density at radius 1 is 1.02 bits per heavy atom. The van der Waals surface area contributed by atoms with Crippen LogP contribution in [-0.2, 0) is 22.7 Å². The van der Waals surface area contributed by atoms with Gasteiger partial charge in [0, 0.05) is 68.7 Å². The van der Waals surface area contributed by atoms with Crippen molar-refractivity contribution in [2.45, 2.75) is 38.9 Å². The number of ketones is 1. The fraction of sp³-hybridized carbons (Fsp3) is 0.312. The number of carbonyl (C=O) groups is 5. The lowest BCUT2D eigenvalue weighted by Gasteiger charge is -2.35. The van der Waals surface area contributed by atoms with Crippen molar-refractivity contribution >= 4 is 40.9 Å². The Kier molecular flexibility index (Phi) is 7.92. The van der Waals surface area contributed by atoms with Gasteiger partial charge in [0.1, 0.15) is 17.7 Å². The third-order valence-corrected chi connectivity index (χ3v) is 8.31. The molecule has 0 aliphatic carbocycles. The highest BCUT2D eigenvalue weighted by Crippen LogP contribution is 2.32. The maximum Gasteiger partial charge on any atom is 0.264 e. The summed E-state index contributed by atoms with van der Waals surface area (Å²) in [6, 6.07) is 12.5. The maximum atomic E-state index is 15.2. The first-order chi connectivity index (χ1) is 21.2. The van der Waals surface area contributed by atoms with Crippen molar-refractivity contribution in [1.82, 2.24) is 20.1 Å². The molecule has 226 valence electrons. The molecule has 2 saturated heterocycles. The summed E-state index contributed by atoms with van der Waals surface area (Å²) in [5, 5.41) is 5.28. The molecule has 6 rings (SSSR count). The minimum Gasteiger partial charge on any atom is -0.380 e. The van der Waals surface area contributed by atoms with Gasteiger partial charge in [0.2, 0.25) is 11.8 Å². The van der Waals surface area contributed by atoms with Gasteiger partial charge in [-0.3, -0.25) is 39.1 Å². The topological polar surface area (TPSA) is 132 Å². The fourth-order valence-electron chi connectivity index (χ4n) is 5.86. The Morgan fingerprint density at radius 2 is 1.82 bits per heavy atom. The third-order valence-electron chi connectivity index (χ3n) is 8.31. The van der Waals surface area contributed by atoms with Crippen LogP contribution in [0.2, 0.25) is 0 Å². The second-order valence-corrected chi connectivity index (χ2v) is 11.2. The Hall–Kier alpha value is -4.97. The Bertz CT molecular complexity index is 1670. The van der Waals surface area contributed by atoms with E-state index in [9.17, 15) is 24.0 Å². The number of aromatic nitrogens is 1. The molecule has 11 nitrogen and oxygen atoms in total. The third kappa shape index (κ3) is 5.68. The van der Waals surface area contributed by atoms with Crippen molar-refractivity contribution in [3.63, 3.8) is 0 Å². The van der Waals surface area contributed by atoms with E-state index < -0.39 is 29.7 Å². The van der Waals surface area contributed by atoms with Crippen LogP contribution in [0, 0.1) is 5.82 Å². The van der Waals surface area contributed by atoms with Crippen LogP contribution in [0.15, 0.2) is 54.7 Å². The van der Waals surface area contributed by atoms with Gasteiger partial charge in [0.05, 0.1) is 11.1 Å².